The van der Waals surface area contributed by atoms with Crippen molar-refractivity contribution in [3.05, 3.63) is 24.2 Å². The Morgan fingerprint density at radius 2 is 2.22 bits per heavy atom. The van der Waals surface area contributed by atoms with Gasteiger partial charge in [0.1, 0.15) is 5.76 Å². The van der Waals surface area contributed by atoms with Crippen molar-refractivity contribution in [1.82, 2.24) is 10.6 Å². The summed E-state index contributed by atoms with van der Waals surface area (Å²) in [5.41, 5.74) is 0.378. The summed E-state index contributed by atoms with van der Waals surface area (Å²) in [5.74, 6) is 2.50. The van der Waals surface area contributed by atoms with Crippen molar-refractivity contribution in [1.29, 1.82) is 0 Å². The summed E-state index contributed by atoms with van der Waals surface area (Å²) in [6.45, 7) is 7.86. The lowest BCUT2D eigenvalue weighted by atomic mass is 10.0. The molecule has 0 spiro atoms. The van der Waals surface area contributed by atoms with Crippen molar-refractivity contribution in [2.24, 2.45) is 16.3 Å². The lowest BCUT2D eigenvalue weighted by Crippen LogP contribution is -2.40. The van der Waals surface area contributed by atoms with Crippen molar-refractivity contribution in [3.8, 4) is 0 Å². The van der Waals surface area contributed by atoms with Crippen LogP contribution >= 0.6 is 0 Å². The Morgan fingerprint density at radius 3 is 2.83 bits per heavy atom. The molecule has 0 aromatic carbocycles. The zero-order valence-corrected chi connectivity index (χ0v) is 14.7. The van der Waals surface area contributed by atoms with Crippen LogP contribution in [0, 0.1) is 11.3 Å². The number of furan rings is 1. The van der Waals surface area contributed by atoms with E-state index in [0.717, 1.165) is 50.8 Å². The SMILES string of the molecule is COCCC1(CN=C(NCCc2ccco2)NCC(C)C)CC1. The first-order valence-electron chi connectivity index (χ1n) is 8.67. The molecular formula is C18H31N3O2. The van der Waals surface area contributed by atoms with E-state index in [1.54, 1.807) is 13.4 Å². The third-order valence-electron chi connectivity index (χ3n) is 4.29. The van der Waals surface area contributed by atoms with E-state index in [2.05, 4.69) is 24.5 Å². The predicted molar refractivity (Wildman–Crippen MR) is 93.7 cm³/mol. The first-order chi connectivity index (χ1) is 11.1. The molecule has 1 fully saturated rings. The molecule has 0 atom stereocenters. The van der Waals surface area contributed by atoms with Crippen molar-refractivity contribution in [2.45, 2.75) is 39.5 Å². The Labute approximate surface area is 139 Å². The quantitative estimate of drug-likeness (QED) is 0.514. The first kappa shape index (κ1) is 17.9. The zero-order chi connectivity index (χ0) is 16.5. The molecule has 1 aromatic rings. The average molecular weight is 321 g/mol. The van der Waals surface area contributed by atoms with Gasteiger partial charge in [-0.2, -0.15) is 0 Å². The number of nitrogens with one attached hydrogen (secondary N) is 2. The number of methoxy groups -OCH3 is 1. The lowest BCUT2D eigenvalue weighted by molar-refractivity contribution is 0.174. The molecule has 0 saturated heterocycles. The molecule has 0 radical (unpaired) electrons. The zero-order valence-electron chi connectivity index (χ0n) is 14.7. The minimum Gasteiger partial charge on any atom is -0.469 e. The molecule has 1 aromatic heterocycles. The molecule has 1 aliphatic carbocycles. The molecule has 1 saturated carbocycles. The normalized spacial score (nSPS) is 16.6. The van der Waals surface area contributed by atoms with Gasteiger partial charge in [-0.15, -0.1) is 0 Å². The summed E-state index contributed by atoms with van der Waals surface area (Å²) < 4.78 is 10.6. The average Bonchev–Trinajstić information content (AvgIpc) is 3.11. The van der Waals surface area contributed by atoms with Gasteiger partial charge in [-0.05, 0) is 42.7 Å². The van der Waals surface area contributed by atoms with Crippen LogP contribution in [0.2, 0.25) is 0 Å². The van der Waals surface area contributed by atoms with Crippen LogP contribution in [0.1, 0.15) is 38.9 Å². The van der Waals surface area contributed by atoms with Gasteiger partial charge in [0.2, 0.25) is 0 Å². The molecule has 0 bridgehead atoms. The summed E-state index contributed by atoms with van der Waals surface area (Å²) in [7, 11) is 1.77. The monoisotopic (exact) mass is 321 g/mol. The maximum Gasteiger partial charge on any atom is 0.191 e. The number of ether oxygens (including phenoxy) is 1. The van der Waals surface area contributed by atoms with E-state index in [1.807, 2.05) is 12.1 Å². The number of nitrogens with zero attached hydrogens (tertiary/aromatic N) is 1. The van der Waals surface area contributed by atoms with Crippen LogP contribution in [0.3, 0.4) is 0 Å². The molecule has 130 valence electrons. The van der Waals surface area contributed by atoms with Crippen LogP contribution in [-0.2, 0) is 11.2 Å². The Balaban J connectivity index is 1.81. The van der Waals surface area contributed by atoms with Gasteiger partial charge in [0.15, 0.2) is 5.96 Å². The fourth-order valence-corrected chi connectivity index (χ4v) is 2.46. The maximum atomic E-state index is 5.37. The van der Waals surface area contributed by atoms with Crippen LogP contribution in [0.4, 0.5) is 0 Å². The summed E-state index contributed by atoms with van der Waals surface area (Å²) >= 11 is 0. The molecule has 1 heterocycles. The van der Waals surface area contributed by atoms with Crippen LogP contribution in [-0.4, -0.2) is 39.3 Å². The van der Waals surface area contributed by atoms with Crippen molar-refractivity contribution < 1.29 is 9.15 Å². The fraction of sp³-hybridized carbons (Fsp3) is 0.722. The highest BCUT2D eigenvalue weighted by atomic mass is 16.5. The Kier molecular flexibility index (Phi) is 6.96. The van der Waals surface area contributed by atoms with Gasteiger partial charge in [-0.1, -0.05) is 13.8 Å². The van der Waals surface area contributed by atoms with Crippen molar-refractivity contribution in [2.75, 3.05) is 33.4 Å². The molecule has 1 aliphatic rings. The summed E-state index contributed by atoms with van der Waals surface area (Å²) in [6.07, 6.45) is 6.22. The summed E-state index contributed by atoms with van der Waals surface area (Å²) in [5, 5.41) is 6.85. The number of guanidine groups is 1. The highest BCUT2D eigenvalue weighted by Crippen LogP contribution is 2.48. The van der Waals surface area contributed by atoms with Crippen LogP contribution in [0.25, 0.3) is 0 Å². The van der Waals surface area contributed by atoms with Crippen molar-refractivity contribution >= 4 is 5.96 Å². The van der Waals surface area contributed by atoms with E-state index < -0.39 is 0 Å². The minimum atomic E-state index is 0.378. The van der Waals surface area contributed by atoms with E-state index in [9.17, 15) is 0 Å². The minimum absolute atomic E-state index is 0.378. The van der Waals surface area contributed by atoms with Gasteiger partial charge in [-0.3, -0.25) is 4.99 Å². The third kappa shape index (κ3) is 6.65. The van der Waals surface area contributed by atoms with E-state index in [-0.39, 0.29) is 0 Å². The summed E-state index contributed by atoms with van der Waals surface area (Å²) in [4.78, 5) is 4.81. The number of rotatable bonds is 10. The van der Waals surface area contributed by atoms with Gasteiger partial charge in [0.25, 0.3) is 0 Å². The van der Waals surface area contributed by atoms with Gasteiger partial charge >= 0.3 is 0 Å². The second-order valence-electron chi connectivity index (χ2n) is 6.94. The Morgan fingerprint density at radius 1 is 1.39 bits per heavy atom. The lowest BCUT2D eigenvalue weighted by Gasteiger charge is -2.16. The number of hydrogen-bond acceptors (Lipinski definition) is 3. The summed E-state index contributed by atoms with van der Waals surface area (Å²) in [6, 6.07) is 3.93. The van der Waals surface area contributed by atoms with Gasteiger partial charge in [0, 0.05) is 39.8 Å². The molecule has 23 heavy (non-hydrogen) atoms. The molecule has 5 heteroatoms. The second kappa shape index (κ2) is 8.96. The largest absolute Gasteiger partial charge is 0.469 e. The van der Waals surface area contributed by atoms with E-state index in [1.165, 1.54) is 12.8 Å². The Bertz CT molecular complexity index is 465. The molecule has 0 amide bonds. The van der Waals surface area contributed by atoms with Gasteiger partial charge < -0.3 is 19.8 Å². The molecule has 0 aliphatic heterocycles. The fourth-order valence-electron chi connectivity index (χ4n) is 2.46. The predicted octanol–water partition coefficient (Wildman–Crippen LogP) is 2.83. The van der Waals surface area contributed by atoms with Crippen LogP contribution in [0.5, 0.6) is 0 Å². The highest BCUT2D eigenvalue weighted by molar-refractivity contribution is 5.79. The molecule has 2 rings (SSSR count). The Hall–Kier alpha value is -1.49. The van der Waals surface area contributed by atoms with Crippen LogP contribution in [0.15, 0.2) is 27.8 Å². The van der Waals surface area contributed by atoms with Crippen molar-refractivity contribution in [3.63, 3.8) is 0 Å². The van der Waals surface area contributed by atoms with E-state index in [4.69, 9.17) is 14.1 Å². The smallest absolute Gasteiger partial charge is 0.191 e. The number of aliphatic imine (C=N–C) groups is 1. The molecule has 5 nitrogen and oxygen atoms in total. The first-order valence-corrected chi connectivity index (χ1v) is 8.67. The molecule has 0 unspecified atom stereocenters. The molecule has 2 N–H and O–H groups in total. The number of hydrogen-bond donors (Lipinski definition) is 2. The topological polar surface area (TPSA) is 58.8 Å². The van der Waals surface area contributed by atoms with E-state index >= 15 is 0 Å². The second-order valence-corrected chi connectivity index (χ2v) is 6.94. The van der Waals surface area contributed by atoms with Crippen LogP contribution < -0.4 is 10.6 Å². The molecular weight excluding hydrogens is 290 g/mol. The third-order valence-corrected chi connectivity index (χ3v) is 4.29. The van der Waals surface area contributed by atoms with Gasteiger partial charge in [0.05, 0.1) is 6.26 Å². The highest BCUT2D eigenvalue weighted by Gasteiger charge is 2.41. The van der Waals surface area contributed by atoms with Gasteiger partial charge in [-0.25, -0.2) is 0 Å². The standard InChI is InChI=1S/C18H31N3O2/c1-15(2)13-20-17(19-10-6-16-5-4-11-23-16)21-14-18(7-8-18)9-12-22-3/h4-5,11,15H,6-10,12-14H2,1-3H3,(H2,19,20,21). The maximum absolute atomic E-state index is 5.37. The van der Waals surface area contributed by atoms with E-state index in [0.29, 0.717) is 11.3 Å².